The number of ether oxygens (including phenoxy) is 1. The normalized spacial score (nSPS) is 13.3. The van der Waals surface area contributed by atoms with Crippen molar-refractivity contribution >= 4 is 29.1 Å². The number of nitrogens with one attached hydrogen (secondary N) is 1. The SMILES string of the molecule is COCC(=O)Nc1cn2c(n1)CN(c1cc(-c3ncc(C)cc3C)c(Cl)cn1)CC2. The molecule has 0 spiro atoms. The van der Waals surface area contributed by atoms with Gasteiger partial charge >= 0.3 is 0 Å². The molecule has 0 aliphatic carbocycles. The van der Waals surface area contributed by atoms with Gasteiger partial charge < -0.3 is 19.5 Å². The van der Waals surface area contributed by atoms with Crippen LogP contribution >= 0.6 is 11.6 Å². The first-order valence-electron chi connectivity index (χ1n) is 9.63. The topological polar surface area (TPSA) is 85.2 Å². The molecule has 0 fully saturated rings. The summed E-state index contributed by atoms with van der Waals surface area (Å²) in [6, 6.07) is 4.07. The number of nitrogens with zero attached hydrogens (tertiary/aromatic N) is 5. The van der Waals surface area contributed by atoms with Gasteiger partial charge in [-0.25, -0.2) is 9.97 Å². The number of aryl methyl sites for hydroxylation is 2. The maximum absolute atomic E-state index is 11.7. The number of rotatable bonds is 5. The van der Waals surface area contributed by atoms with Gasteiger partial charge in [-0.15, -0.1) is 0 Å². The molecular formula is C21H23ClN6O2. The third-order valence-electron chi connectivity index (χ3n) is 4.98. The van der Waals surface area contributed by atoms with Crippen molar-refractivity contribution in [2.75, 3.05) is 30.5 Å². The van der Waals surface area contributed by atoms with Gasteiger partial charge in [0.15, 0.2) is 5.82 Å². The molecule has 0 atom stereocenters. The van der Waals surface area contributed by atoms with E-state index in [0.717, 1.165) is 47.1 Å². The Morgan fingerprint density at radius 3 is 2.83 bits per heavy atom. The minimum Gasteiger partial charge on any atom is -0.375 e. The maximum atomic E-state index is 11.7. The molecule has 0 aromatic carbocycles. The quantitative estimate of drug-likeness (QED) is 0.674. The number of fused-ring (bicyclic) bond motifs is 1. The summed E-state index contributed by atoms with van der Waals surface area (Å²) in [7, 11) is 1.48. The molecule has 0 unspecified atom stereocenters. The van der Waals surface area contributed by atoms with Crippen LogP contribution in [0.25, 0.3) is 11.3 Å². The Balaban J connectivity index is 1.57. The number of aromatic nitrogens is 4. The van der Waals surface area contributed by atoms with E-state index in [9.17, 15) is 4.79 Å². The van der Waals surface area contributed by atoms with Crippen molar-refractivity contribution in [1.29, 1.82) is 0 Å². The number of pyridine rings is 2. The highest BCUT2D eigenvalue weighted by Crippen LogP contribution is 2.32. The van der Waals surface area contributed by atoms with Crippen LogP contribution in [0.2, 0.25) is 5.02 Å². The predicted octanol–water partition coefficient (Wildman–Crippen LogP) is 3.22. The molecule has 4 rings (SSSR count). The van der Waals surface area contributed by atoms with Crippen molar-refractivity contribution in [3.63, 3.8) is 0 Å². The summed E-state index contributed by atoms with van der Waals surface area (Å²) in [6.07, 6.45) is 5.36. The molecule has 9 heteroatoms. The lowest BCUT2D eigenvalue weighted by Crippen LogP contribution is -2.34. The van der Waals surface area contributed by atoms with E-state index in [1.165, 1.54) is 7.11 Å². The van der Waals surface area contributed by atoms with Crippen LogP contribution in [-0.4, -0.2) is 45.7 Å². The van der Waals surface area contributed by atoms with Crippen molar-refractivity contribution in [3.8, 4) is 11.3 Å². The number of amides is 1. The first-order valence-corrected chi connectivity index (χ1v) is 10.0. The second kappa shape index (κ2) is 8.41. The molecular weight excluding hydrogens is 404 g/mol. The molecule has 1 N–H and O–H groups in total. The van der Waals surface area contributed by atoms with E-state index in [0.29, 0.717) is 17.4 Å². The summed E-state index contributed by atoms with van der Waals surface area (Å²) in [5.74, 6) is 1.97. The number of anilines is 2. The lowest BCUT2D eigenvalue weighted by atomic mass is 10.1. The van der Waals surface area contributed by atoms with E-state index < -0.39 is 0 Å². The molecule has 1 aliphatic rings. The number of imidazole rings is 1. The molecule has 3 aromatic heterocycles. The molecule has 0 bridgehead atoms. The smallest absolute Gasteiger partial charge is 0.251 e. The van der Waals surface area contributed by atoms with Gasteiger partial charge in [-0.3, -0.25) is 9.78 Å². The highest BCUT2D eigenvalue weighted by atomic mass is 35.5. The Bertz CT molecular complexity index is 1100. The van der Waals surface area contributed by atoms with Gasteiger partial charge in [0.25, 0.3) is 5.91 Å². The van der Waals surface area contributed by atoms with Crippen molar-refractivity contribution in [2.45, 2.75) is 26.9 Å². The third kappa shape index (κ3) is 4.15. The summed E-state index contributed by atoms with van der Waals surface area (Å²) >= 11 is 6.45. The van der Waals surface area contributed by atoms with Gasteiger partial charge in [0.1, 0.15) is 18.2 Å². The standard InChI is InChI=1S/C21H23ClN6O2/c1-13-6-14(2)21(24-8-13)15-7-18(23-9-16(15)22)28-5-4-27-10-17(25-19(27)11-28)26-20(29)12-30-3/h6-10H,4-5,11-12H2,1-3H3,(H,26,29). The van der Waals surface area contributed by atoms with E-state index in [1.807, 2.05) is 36.9 Å². The van der Waals surface area contributed by atoms with Gasteiger partial charge in [0.2, 0.25) is 0 Å². The highest BCUT2D eigenvalue weighted by molar-refractivity contribution is 6.33. The molecule has 0 radical (unpaired) electrons. The van der Waals surface area contributed by atoms with Crippen LogP contribution in [0.5, 0.6) is 0 Å². The van der Waals surface area contributed by atoms with Crippen LogP contribution in [-0.2, 0) is 22.6 Å². The van der Waals surface area contributed by atoms with Gasteiger partial charge in [0.05, 0.1) is 17.3 Å². The van der Waals surface area contributed by atoms with Gasteiger partial charge in [-0.05, 0) is 31.0 Å². The third-order valence-corrected chi connectivity index (χ3v) is 5.28. The zero-order valence-electron chi connectivity index (χ0n) is 17.1. The fraction of sp³-hybridized carbons (Fsp3) is 0.333. The molecule has 4 heterocycles. The van der Waals surface area contributed by atoms with Crippen LogP contribution in [0, 0.1) is 13.8 Å². The highest BCUT2D eigenvalue weighted by Gasteiger charge is 2.22. The second-order valence-corrected chi connectivity index (χ2v) is 7.75. The molecule has 30 heavy (non-hydrogen) atoms. The fourth-order valence-corrected chi connectivity index (χ4v) is 3.79. The first kappa shape index (κ1) is 20.3. The van der Waals surface area contributed by atoms with Crippen LogP contribution < -0.4 is 10.2 Å². The van der Waals surface area contributed by atoms with E-state index in [2.05, 4.69) is 31.2 Å². The number of halogens is 1. The van der Waals surface area contributed by atoms with Crippen LogP contribution in [0.1, 0.15) is 17.0 Å². The molecule has 0 saturated carbocycles. The first-order chi connectivity index (χ1) is 14.4. The summed E-state index contributed by atoms with van der Waals surface area (Å²) < 4.78 is 6.89. The molecule has 1 amide bonds. The molecule has 156 valence electrons. The minimum atomic E-state index is -0.227. The summed E-state index contributed by atoms with van der Waals surface area (Å²) in [4.78, 5) is 27.5. The Labute approximate surface area is 179 Å². The summed E-state index contributed by atoms with van der Waals surface area (Å²) in [5, 5.41) is 3.32. The summed E-state index contributed by atoms with van der Waals surface area (Å²) in [6.45, 7) is 6.13. The largest absolute Gasteiger partial charge is 0.375 e. The molecule has 3 aromatic rings. The Morgan fingerprint density at radius 1 is 1.23 bits per heavy atom. The Kier molecular flexibility index (Phi) is 5.69. The maximum Gasteiger partial charge on any atom is 0.251 e. The van der Waals surface area contributed by atoms with E-state index in [-0.39, 0.29) is 12.5 Å². The van der Waals surface area contributed by atoms with Gasteiger partial charge in [-0.1, -0.05) is 17.7 Å². The second-order valence-electron chi connectivity index (χ2n) is 7.34. The molecule has 8 nitrogen and oxygen atoms in total. The van der Waals surface area contributed by atoms with E-state index in [4.69, 9.17) is 16.3 Å². The zero-order valence-corrected chi connectivity index (χ0v) is 17.9. The fourth-order valence-electron chi connectivity index (χ4n) is 3.60. The average molecular weight is 427 g/mol. The molecule has 0 saturated heterocycles. The summed E-state index contributed by atoms with van der Waals surface area (Å²) in [5.41, 5.74) is 3.90. The van der Waals surface area contributed by atoms with Crippen LogP contribution in [0.4, 0.5) is 11.6 Å². The van der Waals surface area contributed by atoms with Crippen molar-refractivity contribution in [3.05, 3.63) is 52.7 Å². The number of methoxy groups -OCH3 is 1. The van der Waals surface area contributed by atoms with Crippen molar-refractivity contribution in [2.24, 2.45) is 0 Å². The van der Waals surface area contributed by atoms with Crippen molar-refractivity contribution < 1.29 is 9.53 Å². The lowest BCUT2D eigenvalue weighted by Gasteiger charge is -2.28. The number of carbonyl (C=O) groups is 1. The van der Waals surface area contributed by atoms with Crippen LogP contribution in [0.3, 0.4) is 0 Å². The van der Waals surface area contributed by atoms with Crippen LogP contribution in [0.15, 0.2) is 30.7 Å². The number of hydrogen-bond donors (Lipinski definition) is 1. The van der Waals surface area contributed by atoms with E-state index in [1.54, 1.807) is 6.20 Å². The Morgan fingerprint density at radius 2 is 2.07 bits per heavy atom. The predicted molar refractivity (Wildman–Crippen MR) is 116 cm³/mol. The van der Waals surface area contributed by atoms with Crippen molar-refractivity contribution in [1.82, 2.24) is 19.5 Å². The zero-order chi connectivity index (χ0) is 21.3. The monoisotopic (exact) mass is 426 g/mol. The average Bonchev–Trinajstić information content (AvgIpc) is 3.10. The number of hydrogen-bond acceptors (Lipinski definition) is 6. The minimum absolute atomic E-state index is 0.00173. The Hall–Kier alpha value is -2.97. The molecule has 1 aliphatic heterocycles. The number of carbonyl (C=O) groups excluding carboxylic acids is 1. The van der Waals surface area contributed by atoms with E-state index >= 15 is 0 Å². The van der Waals surface area contributed by atoms with Gasteiger partial charge in [0, 0.05) is 44.4 Å². The lowest BCUT2D eigenvalue weighted by molar-refractivity contribution is -0.119. The van der Waals surface area contributed by atoms with Gasteiger partial charge in [-0.2, -0.15) is 0 Å².